The molecule has 110 valence electrons. The molecule has 1 rings (SSSR count). The maximum Gasteiger partial charge on any atom is 0.411 e. The van der Waals surface area contributed by atoms with Crippen molar-refractivity contribution in [2.45, 2.75) is 26.0 Å². The number of aliphatic hydroxyl groups is 1. The molecule has 0 aliphatic heterocycles. The van der Waals surface area contributed by atoms with E-state index in [1.807, 2.05) is 18.2 Å². The molecule has 1 amide bonds. The average Bonchev–Trinajstić information content (AvgIpc) is 2.46. The van der Waals surface area contributed by atoms with Gasteiger partial charge in [0.25, 0.3) is 0 Å². The Labute approximate surface area is 117 Å². The van der Waals surface area contributed by atoms with Crippen LogP contribution in [0.3, 0.4) is 0 Å². The minimum Gasteiger partial charge on any atom is -0.479 e. The zero-order valence-electron chi connectivity index (χ0n) is 11.6. The lowest BCUT2D eigenvalue weighted by Crippen LogP contribution is -2.57. The number of nitrogens with zero attached hydrogens (tertiary/aromatic N) is 1. The maximum atomic E-state index is 12.0. The Morgan fingerprint density at radius 1 is 1.30 bits per heavy atom. The van der Waals surface area contributed by atoms with Crippen molar-refractivity contribution < 1.29 is 24.5 Å². The largest absolute Gasteiger partial charge is 0.479 e. The number of ether oxygens (including phenoxy) is 1. The lowest BCUT2D eigenvalue weighted by Gasteiger charge is -2.34. The molecule has 0 radical (unpaired) electrons. The van der Waals surface area contributed by atoms with Crippen LogP contribution in [-0.4, -0.2) is 45.9 Å². The van der Waals surface area contributed by atoms with Gasteiger partial charge in [0.2, 0.25) is 0 Å². The fraction of sp³-hybridized carbons (Fsp3) is 0.429. The van der Waals surface area contributed by atoms with Crippen LogP contribution in [-0.2, 0) is 16.1 Å². The molecule has 2 N–H and O–H groups in total. The molecule has 0 aliphatic carbocycles. The molecule has 0 spiro atoms. The molecule has 20 heavy (non-hydrogen) atoms. The van der Waals surface area contributed by atoms with Crippen LogP contribution in [0.2, 0.25) is 0 Å². The summed E-state index contributed by atoms with van der Waals surface area (Å²) in [5.74, 6) is -1.28. The fourth-order valence-corrected chi connectivity index (χ4v) is 1.75. The standard InChI is InChI=1S/C14H19NO5/c1-3-15(14(2,10-16)12(17)18)13(19)20-9-11-7-5-4-6-8-11/h4-8,16H,3,9-10H2,1-2H3,(H,17,18). The van der Waals surface area contributed by atoms with Crippen LogP contribution in [0.1, 0.15) is 19.4 Å². The Kier molecular flexibility index (Phi) is 5.52. The topological polar surface area (TPSA) is 87.1 Å². The molecule has 6 nitrogen and oxygen atoms in total. The van der Waals surface area contributed by atoms with Crippen molar-refractivity contribution in [3.8, 4) is 0 Å². The number of aliphatic hydroxyl groups excluding tert-OH is 1. The molecular formula is C14H19NO5. The number of hydrogen-bond acceptors (Lipinski definition) is 4. The first-order valence-corrected chi connectivity index (χ1v) is 6.28. The first kappa shape index (κ1) is 16.0. The third-order valence-electron chi connectivity index (χ3n) is 3.11. The van der Waals surface area contributed by atoms with Gasteiger partial charge in [0, 0.05) is 6.54 Å². The highest BCUT2D eigenvalue weighted by atomic mass is 16.6. The van der Waals surface area contributed by atoms with Crippen molar-refractivity contribution in [3.63, 3.8) is 0 Å². The number of amides is 1. The lowest BCUT2D eigenvalue weighted by atomic mass is 10.0. The van der Waals surface area contributed by atoms with Gasteiger partial charge in [-0.05, 0) is 19.4 Å². The number of rotatable bonds is 6. The van der Waals surface area contributed by atoms with Crippen LogP contribution in [0.15, 0.2) is 30.3 Å². The van der Waals surface area contributed by atoms with Gasteiger partial charge in [-0.3, -0.25) is 4.90 Å². The first-order chi connectivity index (χ1) is 9.45. The summed E-state index contributed by atoms with van der Waals surface area (Å²) in [5, 5.41) is 18.4. The van der Waals surface area contributed by atoms with Crippen molar-refractivity contribution in [1.29, 1.82) is 0 Å². The second-order valence-corrected chi connectivity index (χ2v) is 4.52. The molecule has 0 heterocycles. The lowest BCUT2D eigenvalue weighted by molar-refractivity contribution is -0.152. The van der Waals surface area contributed by atoms with E-state index in [4.69, 9.17) is 9.84 Å². The average molecular weight is 281 g/mol. The number of carbonyl (C=O) groups is 2. The Bertz CT molecular complexity index is 462. The van der Waals surface area contributed by atoms with Crippen molar-refractivity contribution in [2.24, 2.45) is 0 Å². The van der Waals surface area contributed by atoms with E-state index in [1.54, 1.807) is 19.1 Å². The summed E-state index contributed by atoms with van der Waals surface area (Å²) in [7, 11) is 0. The molecule has 0 saturated heterocycles. The van der Waals surface area contributed by atoms with Crippen LogP contribution in [0.5, 0.6) is 0 Å². The highest BCUT2D eigenvalue weighted by molar-refractivity contribution is 5.84. The predicted octanol–water partition coefficient (Wildman–Crippen LogP) is 1.48. The van der Waals surface area contributed by atoms with Crippen LogP contribution in [0.25, 0.3) is 0 Å². The van der Waals surface area contributed by atoms with Crippen LogP contribution in [0, 0.1) is 0 Å². The van der Waals surface area contributed by atoms with Gasteiger partial charge in [0.05, 0.1) is 6.61 Å². The molecular weight excluding hydrogens is 262 g/mol. The highest BCUT2D eigenvalue weighted by Gasteiger charge is 2.42. The summed E-state index contributed by atoms with van der Waals surface area (Å²) < 4.78 is 5.09. The van der Waals surface area contributed by atoms with Gasteiger partial charge in [0.15, 0.2) is 5.54 Å². The molecule has 0 bridgehead atoms. The van der Waals surface area contributed by atoms with E-state index >= 15 is 0 Å². The Morgan fingerprint density at radius 3 is 2.35 bits per heavy atom. The van der Waals surface area contributed by atoms with E-state index in [0.29, 0.717) is 0 Å². The van der Waals surface area contributed by atoms with E-state index in [2.05, 4.69) is 0 Å². The maximum absolute atomic E-state index is 12.0. The van der Waals surface area contributed by atoms with Crippen LogP contribution in [0.4, 0.5) is 4.79 Å². The molecule has 1 aromatic rings. The summed E-state index contributed by atoms with van der Waals surface area (Å²) in [6.07, 6.45) is -0.768. The van der Waals surface area contributed by atoms with Crippen LogP contribution >= 0.6 is 0 Å². The summed E-state index contributed by atoms with van der Waals surface area (Å²) >= 11 is 0. The minimum absolute atomic E-state index is 0.0529. The summed E-state index contributed by atoms with van der Waals surface area (Å²) in [5.41, 5.74) is -0.888. The number of likely N-dealkylation sites (N-methyl/N-ethyl adjacent to an activating group) is 1. The van der Waals surface area contributed by atoms with Gasteiger partial charge in [-0.1, -0.05) is 30.3 Å². The molecule has 6 heteroatoms. The zero-order chi connectivity index (χ0) is 15.2. The number of carboxylic acids is 1. The van der Waals surface area contributed by atoms with Gasteiger partial charge in [-0.2, -0.15) is 0 Å². The fourth-order valence-electron chi connectivity index (χ4n) is 1.75. The highest BCUT2D eigenvalue weighted by Crippen LogP contribution is 2.17. The van der Waals surface area contributed by atoms with E-state index in [9.17, 15) is 14.7 Å². The van der Waals surface area contributed by atoms with Crippen molar-refractivity contribution in [1.82, 2.24) is 4.90 Å². The summed E-state index contributed by atoms with van der Waals surface area (Å²) in [6, 6.07) is 9.07. The number of benzene rings is 1. The SMILES string of the molecule is CCN(C(=O)OCc1ccccc1)C(C)(CO)C(=O)O. The molecule has 0 fully saturated rings. The van der Waals surface area contributed by atoms with Gasteiger partial charge in [-0.25, -0.2) is 9.59 Å². The third kappa shape index (κ3) is 3.48. The van der Waals surface area contributed by atoms with Crippen molar-refractivity contribution in [3.05, 3.63) is 35.9 Å². The second kappa shape index (κ2) is 6.91. The van der Waals surface area contributed by atoms with E-state index in [1.165, 1.54) is 6.92 Å². The summed E-state index contributed by atoms with van der Waals surface area (Å²) in [4.78, 5) is 24.2. The Morgan fingerprint density at radius 2 is 1.90 bits per heavy atom. The number of carbonyl (C=O) groups excluding carboxylic acids is 1. The third-order valence-corrected chi connectivity index (χ3v) is 3.11. The summed E-state index contributed by atoms with van der Waals surface area (Å²) in [6.45, 7) is 2.40. The van der Waals surface area contributed by atoms with Gasteiger partial charge in [-0.15, -0.1) is 0 Å². The second-order valence-electron chi connectivity index (χ2n) is 4.52. The van der Waals surface area contributed by atoms with Gasteiger partial charge in [0.1, 0.15) is 6.61 Å². The number of aliphatic carboxylic acids is 1. The van der Waals surface area contributed by atoms with E-state index in [0.717, 1.165) is 10.5 Å². The Balaban J connectivity index is 2.75. The monoisotopic (exact) mass is 281 g/mol. The molecule has 1 aromatic carbocycles. The van der Waals surface area contributed by atoms with Gasteiger partial charge >= 0.3 is 12.1 Å². The molecule has 1 atom stereocenters. The zero-order valence-corrected chi connectivity index (χ0v) is 11.6. The Hall–Kier alpha value is -2.08. The van der Waals surface area contributed by atoms with E-state index in [-0.39, 0.29) is 13.2 Å². The van der Waals surface area contributed by atoms with Gasteiger partial charge < -0.3 is 14.9 Å². The molecule has 1 unspecified atom stereocenters. The smallest absolute Gasteiger partial charge is 0.411 e. The van der Waals surface area contributed by atoms with Crippen molar-refractivity contribution >= 4 is 12.1 Å². The molecule has 0 aromatic heterocycles. The normalized spacial score (nSPS) is 13.3. The number of hydrogen-bond donors (Lipinski definition) is 2. The molecule has 0 aliphatic rings. The minimum atomic E-state index is -1.69. The van der Waals surface area contributed by atoms with E-state index < -0.39 is 24.2 Å². The van der Waals surface area contributed by atoms with Crippen LogP contribution < -0.4 is 0 Å². The number of carboxylic acid groups (broad SMARTS) is 1. The quantitative estimate of drug-likeness (QED) is 0.824. The van der Waals surface area contributed by atoms with Crippen molar-refractivity contribution in [2.75, 3.05) is 13.2 Å². The first-order valence-electron chi connectivity index (χ1n) is 6.28. The molecule has 0 saturated carbocycles. The predicted molar refractivity (Wildman–Crippen MR) is 72.1 cm³/mol.